The number of rotatable bonds is 7. The fourth-order valence-electron chi connectivity index (χ4n) is 2.58. The van der Waals surface area contributed by atoms with Crippen LogP contribution < -0.4 is 5.32 Å². The highest BCUT2D eigenvalue weighted by atomic mass is 28.4. The number of carbonyl (C=O) groups is 2. The van der Waals surface area contributed by atoms with Crippen LogP contribution >= 0.6 is 0 Å². The van der Waals surface area contributed by atoms with E-state index in [0.29, 0.717) is 12.3 Å². The molecule has 0 radical (unpaired) electrons. The normalized spacial score (nSPS) is 11.7. The summed E-state index contributed by atoms with van der Waals surface area (Å²) in [7, 11) is 0.729. The van der Waals surface area contributed by atoms with E-state index in [2.05, 4.69) is 39.2 Å². The van der Waals surface area contributed by atoms with Gasteiger partial charge < -0.3 is 19.2 Å². The molecule has 0 aromatic heterocycles. The number of hydrogen-bond acceptors (Lipinski definition) is 6. The van der Waals surface area contributed by atoms with Crippen molar-refractivity contribution in [2.24, 2.45) is 0 Å². The number of benzene rings is 2. The van der Waals surface area contributed by atoms with Crippen LogP contribution in [-0.4, -0.2) is 34.5 Å². The second-order valence-electron chi connectivity index (χ2n) is 8.58. The maximum absolute atomic E-state index is 12.3. The smallest absolute Gasteiger partial charge is 0.340 e. The largest absolute Gasteiger partial charge is 0.465 e. The fraction of sp³-hybridized carbons (Fsp3) is 0.391. The van der Waals surface area contributed by atoms with Crippen LogP contribution in [-0.2, 0) is 20.5 Å². The van der Waals surface area contributed by atoms with Gasteiger partial charge in [-0.15, -0.1) is 0 Å². The van der Waals surface area contributed by atoms with Crippen LogP contribution in [0.5, 0.6) is 0 Å². The number of hydrogen-bond donors (Lipinski definition) is 1. The van der Waals surface area contributed by atoms with Crippen molar-refractivity contribution in [2.75, 3.05) is 19.5 Å². The lowest BCUT2D eigenvalue weighted by atomic mass is 10.0. The van der Waals surface area contributed by atoms with Gasteiger partial charge in [0.2, 0.25) is 0 Å². The predicted molar refractivity (Wildman–Crippen MR) is 121 cm³/mol. The second-order valence-corrected chi connectivity index (χ2v) is 13.4. The molecule has 2 aromatic carbocycles. The molecule has 1 N–H and O–H groups in total. The van der Waals surface area contributed by atoms with Gasteiger partial charge in [0, 0.05) is 5.69 Å². The zero-order chi connectivity index (χ0) is 22.5. The molecule has 0 saturated carbocycles. The third-order valence-electron chi connectivity index (χ3n) is 5.50. The van der Waals surface area contributed by atoms with E-state index in [1.54, 1.807) is 12.1 Å². The summed E-state index contributed by atoms with van der Waals surface area (Å²) in [5.41, 5.74) is 2.60. The van der Waals surface area contributed by atoms with Crippen molar-refractivity contribution in [1.82, 2.24) is 0 Å². The van der Waals surface area contributed by atoms with Crippen molar-refractivity contribution >= 4 is 31.6 Å². The molecule has 2 rings (SSSR count). The summed E-state index contributed by atoms with van der Waals surface area (Å²) >= 11 is 0. The van der Waals surface area contributed by atoms with Crippen LogP contribution in [0.1, 0.15) is 47.1 Å². The van der Waals surface area contributed by atoms with Gasteiger partial charge in [-0.25, -0.2) is 9.59 Å². The molecule has 0 aliphatic rings. The monoisotopic (exact) mass is 429 g/mol. The van der Waals surface area contributed by atoms with Crippen molar-refractivity contribution in [1.29, 1.82) is 0 Å². The Morgan fingerprint density at radius 1 is 0.933 bits per heavy atom. The molecule has 0 aliphatic heterocycles. The fourth-order valence-corrected chi connectivity index (χ4v) is 3.54. The van der Waals surface area contributed by atoms with E-state index < -0.39 is 20.3 Å². The number of esters is 2. The van der Waals surface area contributed by atoms with Gasteiger partial charge in [-0.2, -0.15) is 0 Å². The molecule has 0 bridgehead atoms. The molecule has 0 amide bonds. The standard InChI is InChI=1S/C23H31NO5Si/c1-23(2,3)30(6,7)29-15-16-11-13-17(14-12-16)24-19-10-8-9-18(21(25)27-4)20(19)22(26)28-5/h8-14,24H,15H2,1-7H3. The molecular formula is C23H31NO5Si. The van der Waals surface area contributed by atoms with E-state index in [1.807, 2.05) is 24.3 Å². The van der Waals surface area contributed by atoms with Crippen LogP contribution in [0.4, 0.5) is 11.4 Å². The van der Waals surface area contributed by atoms with Crippen LogP contribution in [0.2, 0.25) is 18.1 Å². The highest BCUT2D eigenvalue weighted by Gasteiger charge is 2.37. The minimum absolute atomic E-state index is 0.136. The Labute approximate surface area is 179 Å². The predicted octanol–water partition coefficient (Wildman–Crippen LogP) is 5.53. The molecule has 2 aromatic rings. The van der Waals surface area contributed by atoms with Gasteiger partial charge in [0.05, 0.1) is 37.6 Å². The van der Waals surface area contributed by atoms with Gasteiger partial charge in [0.15, 0.2) is 8.32 Å². The second kappa shape index (κ2) is 9.45. The molecule has 6 nitrogen and oxygen atoms in total. The summed E-state index contributed by atoms with van der Waals surface area (Å²) in [6, 6.07) is 12.7. The maximum atomic E-state index is 12.3. The van der Waals surface area contributed by atoms with Crippen molar-refractivity contribution in [2.45, 2.75) is 45.5 Å². The first-order chi connectivity index (χ1) is 14.0. The van der Waals surface area contributed by atoms with E-state index in [-0.39, 0.29) is 16.2 Å². The molecular weight excluding hydrogens is 398 g/mol. The molecule has 162 valence electrons. The molecule has 0 atom stereocenters. The topological polar surface area (TPSA) is 73.9 Å². The van der Waals surface area contributed by atoms with E-state index in [4.69, 9.17) is 13.9 Å². The Morgan fingerprint density at radius 3 is 2.07 bits per heavy atom. The summed E-state index contributed by atoms with van der Waals surface area (Å²) in [6.45, 7) is 11.7. The first-order valence-corrected chi connectivity index (χ1v) is 12.7. The first kappa shape index (κ1) is 23.6. The molecule has 0 saturated heterocycles. The van der Waals surface area contributed by atoms with Gasteiger partial charge in [-0.1, -0.05) is 39.0 Å². The Hall–Kier alpha value is -2.64. The van der Waals surface area contributed by atoms with E-state index >= 15 is 0 Å². The van der Waals surface area contributed by atoms with Gasteiger partial charge in [0.1, 0.15) is 0 Å². The molecule has 0 fully saturated rings. The van der Waals surface area contributed by atoms with Crippen molar-refractivity contribution in [3.63, 3.8) is 0 Å². The third-order valence-corrected chi connectivity index (χ3v) is 9.98. The Balaban J connectivity index is 2.21. The Morgan fingerprint density at radius 2 is 1.53 bits per heavy atom. The molecule has 30 heavy (non-hydrogen) atoms. The summed E-state index contributed by atoms with van der Waals surface area (Å²) in [6.07, 6.45) is 0. The molecule has 7 heteroatoms. The minimum atomic E-state index is -1.82. The van der Waals surface area contributed by atoms with Gasteiger partial charge in [-0.3, -0.25) is 0 Å². The minimum Gasteiger partial charge on any atom is -0.465 e. The van der Waals surface area contributed by atoms with Crippen LogP contribution in [0.15, 0.2) is 42.5 Å². The lowest BCUT2D eigenvalue weighted by Crippen LogP contribution is -2.40. The molecule has 0 spiro atoms. The zero-order valence-electron chi connectivity index (χ0n) is 18.8. The number of anilines is 2. The molecule has 0 aliphatic carbocycles. The van der Waals surface area contributed by atoms with E-state index in [1.165, 1.54) is 20.3 Å². The average Bonchev–Trinajstić information content (AvgIpc) is 2.71. The summed E-state index contributed by atoms with van der Waals surface area (Å²) in [5.74, 6) is -1.21. The highest BCUT2D eigenvalue weighted by molar-refractivity contribution is 6.74. The lowest BCUT2D eigenvalue weighted by Gasteiger charge is -2.36. The van der Waals surface area contributed by atoms with Gasteiger partial charge in [0.25, 0.3) is 0 Å². The zero-order valence-corrected chi connectivity index (χ0v) is 19.8. The average molecular weight is 430 g/mol. The quantitative estimate of drug-likeness (QED) is 0.461. The Kier molecular flexibility index (Phi) is 7.44. The number of carbonyl (C=O) groups excluding carboxylic acids is 2. The van der Waals surface area contributed by atoms with Crippen molar-refractivity contribution in [3.05, 3.63) is 59.2 Å². The lowest BCUT2D eigenvalue weighted by molar-refractivity contribution is 0.0556. The van der Waals surface area contributed by atoms with E-state index in [0.717, 1.165) is 11.3 Å². The third kappa shape index (κ3) is 5.49. The summed E-state index contributed by atoms with van der Waals surface area (Å²) in [4.78, 5) is 24.4. The summed E-state index contributed by atoms with van der Waals surface area (Å²) in [5, 5.41) is 3.35. The van der Waals surface area contributed by atoms with Gasteiger partial charge in [-0.05, 0) is 48.0 Å². The van der Waals surface area contributed by atoms with Crippen LogP contribution in [0.25, 0.3) is 0 Å². The first-order valence-electron chi connectivity index (χ1n) is 9.79. The van der Waals surface area contributed by atoms with Crippen molar-refractivity contribution < 1.29 is 23.5 Å². The van der Waals surface area contributed by atoms with Gasteiger partial charge >= 0.3 is 11.9 Å². The highest BCUT2D eigenvalue weighted by Crippen LogP contribution is 2.37. The number of nitrogens with one attached hydrogen (secondary N) is 1. The van der Waals surface area contributed by atoms with Crippen LogP contribution in [0, 0.1) is 0 Å². The molecule has 0 heterocycles. The number of ether oxygens (including phenoxy) is 2. The Bertz CT molecular complexity index is 901. The molecule has 0 unspecified atom stereocenters. The maximum Gasteiger partial charge on any atom is 0.340 e. The summed E-state index contributed by atoms with van der Waals surface area (Å²) < 4.78 is 15.9. The van der Waals surface area contributed by atoms with Crippen molar-refractivity contribution in [3.8, 4) is 0 Å². The SMILES string of the molecule is COC(=O)c1cccc(Nc2ccc(CO[Si](C)(C)C(C)(C)C)cc2)c1C(=O)OC. The van der Waals surface area contributed by atoms with E-state index in [9.17, 15) is 9.59 Å². The number of methoxy groups -OCH3 is 2. The van der Waals surface area contributed by atoms with Crippen LogP contribution in [0.3, 0.4) is 0 Å².